The van der Waals surface area contributed by atoms with Crippen molar-refractivity contribution in [1.29, 1.82) is 0 Å². The average molecular weight is 571 g/mol. The Hall–Kier alpha value is -3.68. The Labute approximate surface area is 222 Å². The molecule has 0 spiro atoms. The molecule has 0 fully saturated rings. The number of aliphatic hydroxyl groups is 1. The summed E-state index contributed by atoms with van der Waals surface area (Å²) < 4.78 is 47.0. The molecule has 0 radical (unpaired) electrons. The minimum atomic E-state index is -4.97. The summed E-state index contributed by atoms with van der Waals surface area (Å²) in [6, 6.07) is 12.4. The lowest BCUT2D eigenvalue weighted by Crippen LogP contribution is -2.37. The SMILES string of the molecule is CCOC(=O)c1nc(Cn2nc(-c3ccc(Cl)cc3)n(CC(O)C(F)(F)F)c2=O)nn1-c1ccccc1Cl. The zero-order chi connectivity index (χ0) is 27.6. The van der Waals surface area contributed by atoms with Gasteiger partial charge in [-0.25, -0.2) is 23.9 Å². The van der Waals surface area contributed by atoms with Crippen molar-refractivity contribution in [3.8, 4) is 17.1 Å². The summed E-state index contributed by atoms with van der Waals surface area (Å²) >= 11 is 12.2. The van der Waals surface area contributed by atoms with E-state index in [9.17, 15) is 27.9 Å². The molecule has 200 valence electrons. The van der Waals surface area contributed by atoms with E-state index in [0.29, 0.717) is 15.3 Å². The van der Waals surface area contributed by atoms with Crippen molar-refractivity contribution >= 4 is 29.2 Å². The van der Waals surface area contributed by atoms with Crippen LogP contribution in [0, 0.1) is 0 Å². The zero-order valence-electron chi connectivity index (χ0n) is 19.6. The van der Waals surface area contributed by atoms with Crippen LogP contribution in [-0.2, 0) is 17.8 Å². The first-order chi connectivity index (χ1) is 18.0. The van der Waals surface area contributed by atoms with E-state index < -0.39 is 37.0 Å². The van der Waals surface area contributed by atoms with Gasteiger partial charge >= 0.3 is 17.8 Å². The molecule has 2 aromatic heterocycles. The number of para-hydroxylation sites is 1. The summed E-state index contributed by atoms with van der Waals surface area (Å²) in [5.74, 6) is -1.25. The highest BCUT2D eigenvalue weighted by atomic mass is 35.5. The zero-order valence-corrected chi connectivity index (χ0v) is 21.1. The molecule has 1 N–H and O–H groups in total. The fraction of sp³-hybridized carbons (Fsp3) is 0.261. The molecule has 0 saturated heterocycles. The van der Waals surface area contributed by atoms with Crippen molar-refractivity contribution in [2.24, 2.45) is 0 Å². The maximum absolute atomic E-state index is 13.1. The first-order valence-corrected chi connectivity index (χ1v) is 11.8. The summed E-state index contributed by atoms with van der Waals surface area (Å²) in [5, 5.41) is 18.7. The fourth-order valence-electron chi connectivity index (χ4n) is 3.47. The van der Waals surface area contributed by atoms with Crippen LogP contribution in [0.3, 0.4) is 0 Å². The number of aromatic nitrogens is 6. The number of nitrogens with zero attached hydrogens (tertiary/aromatic N) is 6. The Morgan fingerprint density at radius 2 is 1.79 bits per heavy atom. The maximum atomic E-state index is 13.1. The first-order valence-electron chi connectivity index (χ1n) is 11.1. The molecule has 4 aromatic rings. The van der Waals surface area contributed by atoms with Gasteiger partial charge in [0.15, 0.2) is 17.8 Å². The molecule has 1 atom stereocenters. The highest BCUT2D eigenvalue weighted by Crippen LogP contribution is 2.25. The molecule has 0 aliphatic heterocycles. The van der Waals surface area contributed by atoms with Gasteiger partial charge in [-0.3, -0.25) is 4.57 Å². The van der Waals surface area contributed by atoms with Gasteiger partial charge in [-0.1, -0.05) is 35.3 Å². The van der Waals surface area contributed by atoms with Crippen LogP contribution in [0.2, 0.25) is 10.0 Å². The number of carbonyl (C=O) groups is 1. The number of hydrogen-bond acceptors (Lipinski definition) is 7. The van der Waals surface area contributed by atoms with E-state index in [-0.39, 0.29) is 34.7 Å². The number of aliphatic hydroxyl groups excluding tert-OH is 1. The number of alkyl halides is 3. The van der Waals surface area contributed by atoms with Crippen LogP contribution < -0.4 is 5.69 Å². The van der Waals surface area contributed by atoms with Gasteiger partial charge in [0.1, 0.15) is 6.54 Å². The summed E-state index contributed by atoms with van der Waals surface area (Å²) in [7, 11) is 0. The Kier molecular flexibility index (Phi) is 7.90. The molecule has 0 bridgehead atoms. The molecular weight excluding hydrogens is 552 g/mol. The standard InChI is InChI=1S/C23H19Cl2F3N6O4/c1-2-38-21(36)20-29-18(30-34(20)16-6-4-3-5-15(16)25)12-33-22(37)32(11-17(35)23(26,27)28)19(31-33)13-7-9-14(24)10-8-13/h3-10,17,35H,2,11-12H2,1H3. The monoisotopic (exact) mass is 570 g/mol. The number of ether oxygens (including phenoxy) is 1. The molecule has 0 amide bonds. The number of carbonyl (C=O) groups excluding carboxylic acids is 1. The molecule has 4 rings (SSSR count). The van der Waals surface area contributed by atoms with Crippen LogP contribution in [0.25, 0.3) is 17.1 Å². The number of rotatable bonds is 8. The van der Waals surface area contributed by atoms with Crippen LogP contribution in [0.4, 0.5) is 13.2 Å². The van der Waals surface area contributed by atoms with E-state index >= 15 is 0 Å². The van der Waals surface area contributed by atoms with Gasteiger partial charge in [0.2, 0.25) is 5.82 Å². The van der Waals surface area contributed by atoms with Crippen molar-refractivity contribution < 1.29 is 27.8 Å². The lowest BCUT2D eigenvalue weighted by Gasteiger charge is -2.15. The topological polar surface area (TPSA) is 117 Å². The van der Waals surface area contributed by atoms with E-state index in [4.69, 9.17) is 27.9 Å². The van der Waals surface area contributed by atoms with Gasteiger partial charge < -0.3 is 9.84 Å². The Morgan fingerprint density at radius 1 is 1.11 bits per heavy atom. The molecule has 2 heterocycles. The van der Waals surface area contributed by atoms with E-state index in [1.54, 1.807) is 31.2 Å². The first kappa shape index (κ1) is 27.4. The lowest BCUT2D eigenvalue weighted by atomic mass is 10.2. The summed E-state index contributed by atoms with van der Waals surface area (Å²) in [4.78, 5) is 29.8. The van der Waals surface area contributed by atoms with Crippen LogP contribution in [0.5, 0.6) is 0 Å². The fourth-order valence-corrected chi connectivity index (χ4v) is 3.81. The van der Waals surface area contributed by atoms with E-state index in [0.717, 1.165) is 9.36 Å². The second-order valence-corrected chi connectivity index (χ2v) is 8.72. The number of halogens is 5. The van der Waals surface area contributed by atoms with Crippen LogP contribution >= 0.6 is 23.2 Å². The lowest BCUT2D eigenvalue weighted by molar-refractivity contribution is -0.207. The predicted molar refractivity (Wildman–Crippen MR) is 130 cm³/mol. The summed E-state index contributed by atoms with van der Waals surface area (Å²) in [6.45, 7) is 0.141. The van der Waals surface area contributed by atoms with Crippen molar-refractivity contribution in [2.45, 2.75) is 32.3 Å². The predicted octanol–water partition coefficient (Wildman–Crippen LogP) is 3.75. The maximum Gasteiger partial charge on any atom is 0.416 e. The smallest absolute Gasteiger partial charge is 0.416 e. The molecule has 2 aromatic carbocycles. The molecule has 10 nitrogen and oxygen atoms in total. The van der Waals surface area contributed by atoms with Crippen molar-refractivity contribution in [2.75, 3.05) is 6.61 Å². The number of hydrogen-bond donors (Lipinski definition) is 1. The largest absolute Gasteiger partial charge is 0.460 e. The van der Waals surface area contributed by atoms with Crippen molar-refractivity contribution in [3.05, 3.63) is 80.7 Å². The van der Waals surface area contributed by atoms with Gasteiger partial charge in [0, 0.05) is 10.6 Å². The minimum absolute atomic E-state index is 0.0550. The molecular formula is C23H19Cl2F3N6O4. The second-order valence-electron chi connectivity index (χ2n) is 7.87. The molecule has 1 unspecified atom stereocenters. The van der Waals surface area contributed by atoms with Crippen LogP contribution in [-0.4, -0.2) is 59.1 Å². The summed E-state index contributed by atoms with van der Waals surface area (Å²) in [5.41, 5.74) is -0.379. The van der Waals surface area contributed by atoms with Gasteiger partial charge in [-0.05, 0) is 43.3 Å². The average Bonchev–Trinajstić information content (AvgIpc) is 3.41. The quantitative estimate of drug-likeness (QED) is 0.320. The Morgan fingerprint density at radius 3 is 2.42 bits per heavy atom. The molecule has 0 aliphatic rings. The summed E-state index contributed by atoms with van der Waals surface area (Å²) in [6.07, 6.45) is -7.79. The van der Waals surface area contributed by atoms with Crippen molar-refractivity contribution in [1.82, 2.24) is 29.1 Å². The highest BCUT2D eigenvalue weighted by Gasteiger charge is 2.39. The number of esters is 1. The van der Waals surface area contributed by atoms with Crippen LogP contribution in [0.1, 0.15) is 23.4 Å². The Bertz CT molecular complexity index is 1510. The molecule has 0 aliphatic carbocycles. The molecule has 38 heavy (non-hydrogen) atoms. The van der Waals surface area contributed by atoms with Gasteiger partial charge in [-0.15, -0.1) is 10.2 Å². The van der Waals surface area contributed by atoms with Crippen molar-refractivity contribution in [3.63, 3.8) is 0 Å². The van der Waals surface area contributed by atoms with Gasteiger partial charge in [0.05, 0.1) is 23.9 Å². The second kappa shape index (κ2) is 11.0. The normalized spacial score (nSPS) is 12.5. The van der Waals surface area contributed by atoms with E-state index in [2.05, 4.69) is 15.2 Å². The third-order valence-electron chi connectivity index (χ3n) is 5.24. The highest BCUT2D eigenvalue weighted by molar-refractivity contribution is 6.32. The van der Waals surface area contributed by atoms with Gasteiger partial charge in [-0.2, -0.15) is 13.2 Å². The molecule has 15 heteroatoms. The third-order valence-corrected chi connectivity index (χ3v) is 5.81. The molecule has 0 saturated carbocycles. The number of benzene rings is 2. The Balaban J connectivity index is 1.79. The third kappa shape index (κ3) is 5.74. The van der Waals surface area contributed by atoms with E-state index in [1.165, 1.54) is 24.3 Å². The van der Waals surface area contributed by atoms with E-state index in [1.807, 2.05) is 0 Å². The minimum Gasteiger partial charge on any atom is -0.460 e. The van der Waals surface area contributed by atoms with Gasteiger partial charge in [0.25, 0.3) is 0 Å². The van der Waals surface area contributed by atoms with Crippen LogP contribution in [0.15, 0.2) is 53.3 Å².